The summed E-state index contributed by atoms with van der Waals surface area (Å²) in [5.41, 5.74) is 1.15. The third-order valence-electron chi connectivity index (χ3n) is 2.26. The van der Waals surface area contributed by atoms with Gasteiger partial charge in [-0.1, -0.05) is 0 Å². The van der Waals surface area contributed by atoms with Gasteiger partial charge in [0.05, 0.1) is 12.2 Å². The lowest BCUT2D eigenvalue weighted by molar-refractivity contribution is -0.122. The molecule has 1 aromatic rings. The molecule has 1 N–H and O–H groups in total. The number of hydrogen-bond donors (Lipinski definition) is 1. The second-order valence-corrected chi connectivity index (χ2v) is 3.07. The second-order valence-electron chi connectivity index (χ2n) is 3.07. The normalized spacial score (nSPS) is 22.8. The molecule has 1 unspecified atom stereocenters. The van der Waals surface area contributed by atoms with Crippen LogP contribution in [-0.4, -0.2) is 12.5 Å². The number of furan rings is 1. The molecule has 0 radical (unpaired) electrons. The first kappa shape index (κ1) is 7.40. The average molecular weight is 165 g/mol. The highest BCUT2D eigenvalue weighted by molar-refractivity contribution is 5.83. The molecule has 64 valence electrons. The van der Waals surface area contributed by atoms with Crippen LogP contribution in [0.5, 0.6) is 0 Å². The van der Waals surface area contributed by atoms with Crippen molar-refractivity contribution in [2.75, 3.05) is 6.54 Å². The van der Waals surface area contributed by atoms with Gasteiger partial charge in [0.2, 0.25) is 5.91 Å². The van der Waals surface area contributed by atoms with Gasteiger partial charge in [0.1, 0.15) is 5.76 Å². The fourth-order valence-electron chi connectivity index (χ4n) is 1.53. The van der Waals surface area contributed by atoms with Crippen molar-refractivity contribution in [1.29, 1.82) is 0 Å². The standard InChI is InChI=1S/C9H11NO2/c1-6-8-7(3-5-12-8)2-4-10-9(6)11/h3,5-6H,2,4H2,1H3,(H,10,11). The van der Waals surface area contributed by atoms with Crippen molar-refractivity contribution in [3.8, 4) is 0 Å². The highest BCUT2D eigenvalue weighted by Crippen LogP contribution is 2.23. The van der Waals surface area contributed by atoms with Gasteiger partial charge in [0.15, 0.2) is 0 Å². The Balaban J connectivity index is 2.41. The topological polar surface area (TPSA) is 42.2 Å². The van der Waals surface area contributed by atoms with Crippen molar-refractivity contribution in [1.82, 2.24) is 5.32 Å². The first-order valence-corrected chi connectivity index (χ1v) is 4.13. The lowest BCUT2D eigenvalue weighted by Gasteiger charge is -2.04. The summed E-state index contributed by atoms with van der Waals surface area (Å²) in [7, 11) is 0. The summed E-state index contributed by atoms with van der Waals surface area (Å²) in [6, 6.07) is 1.94. The predicted molar refractivity (Wildman–Crippen MR) is 43.8 cm³/mol. The molecule has 2 rings (SSSR count). The maximum atomic E-state index is 11.3. The van der Waals surface area contributed by atoms with Crippen LogP contribution in [0.4, 0.5) is 0 Å². The van der Waals surface area contributed by atoms with Crippen LogP contribution in [-0.2, 0) is 11.2 Å². The van der Waals surface area contributed by atoms with E-state index in [2.05, 4.69) is 5.32 Å². The SMILES string of the molecule is CC1C(=O)NCCc2ccoc21. The second kappa shape index (κ2) is 2.66. The van der Waals surface area contributed by atoms with Crippen molar-refractivity contribution in [2.45, 2.75) is 19.3 Å². The van der Waals surface area contributed by atoms with Crippen molar-refractivity contribution in [3.63, 3.8) is 0 Å². The summed E-state index contributed by atoms with van der Waals surface area (Å²) in [6.45, 7) is 2.58. The molecule has 1 amide bonds. The Morgan fingerprint density at radius 2 is 2.50 bits per heavy atom. The van der Waals surface area contributed by atoms with Gasteiger partial charge in [-0.05, 0) is 25.0 Å². The highest BCUT2D eigenvalue weighted by Gasteiger charge is 2.23. The van der Waals surface area contributed by atoms with E-state index < -0.39 is 0 Å². The van der Waals surface area contributed by atoms with Gasteiger partial charge in [0.25, 0.3) is 0 Å². The van der Waals surface area contributed by atoms with Gasteiger partial charge in [-0.2, -0.15) is 0 Å². The number of hydrogen-bond acceptors (Lipinski definition) is 2. The number of rotatable bonds is 0. The van der Waals surface area contributed by atoms with Crippen LogP contribution < -0.4 is 5.32 Å². The molecule has 2 heterocycles. The molecule has 0 aromatic carbocycles. The Morgan fingerprint density at radius 1 is 1.67 bits per heavy atom. The van der Waals surface area contributed by atoms with Crippen molar-refractivity contribution < 1.29 is 9.21 Å². The van der Waals surface area contributed by atoms with Gasteiger partial charge in [0, 0.05) is 6.54 Å². The Labute approximate surface area is 70.8 Å². The first-order valence-electron chi connectivity index (χ1n) is 4.13. The molecule has 1 aliphatic heterocycles. The molecule has 1 aromatic heterocycles. The molecule has 0 saturated heterocycles. The minimum Gasteiger partial charge on any atom is -0.468 e. The lowest BCUT2D eigenvalue weighted by atomic mass is 10.0. The van der Waals surface area contributed by atoms with Crippen molar-refractivity contribution >= 4 is 5.91 Å². The van der Waals surface area contributed by atoms with Crippen LogP contribution >= 0.6 is 0 Å². The zero-order chi connectivity index (χ0) is 8.55. The van der Waals surface area contributed by atoms with Crippen LogP contribution in [0.1, 0.15) is 24.2 Å². The van der Waals surface area contributed by atoms with Gasteiger partial charge in [-0.15, -0.1) is 0 Å². The molecule has 0 saturated carbocycles. The Bertz CT molecular complexity index is 303. The zero-order valence-corrected chi connectivity index (χ0v) is 6.96. The Kier molecular flexibility index (Phi) is 1.64. The molecule has 0 spiro atoms. The average Bonchev–Trinajstić information content (AvgIpc) is 2.46. The Hall–Kier alpha value is -1.25. The van der Waals surface area contributed by atoms with Crippen molar-refractivity contribution in [3.05, 3.63) is 23.7 Å². The van der Waals surface area contributed by atoms with Crippen LogP contribution in [0.3, 0.4) is 0 Å². The quantitative estimate of drug-likeness (QED) is 0.624. The summed E-state index contributed by atoms with van der Waals surface area (Å²) in [5.74, 6) is 0.742. The molecule has 3 nitrogen and oxygen atoms in total. The number of amides is 1. The zero-order valence-electron chi connectivity index (χ0n) is 6.96. The lowest BCUT2D eigenvalue weighted by Crippen LogP contribution is -2.26. The van der Waals surface area contributed by atoms with E-state index in [1.54, 1.807) is 6.26 Å². The third-order valence-corrected chi connectivity index (χ3v) is 2.26. The van der Waals surface area contributed by atoms with E-state index in [9.17, 15) is 4.79 Å². The van der Waals surface area contributed by atoms with E-state index in [4.69, 9.17) is 4.42 Å². The van der Waals surface area contributed by atoms with Gasteiger partial charge in [-0.25, -0.2) is 0 Å². The third kappa shape index (κ3) is 1.02. The summed E-state index contributed by atoms with van der Waals surface area (Å²) in [6.07, 6.45) is 2.53. The van der Waals surface area contributed by atoms with Gasteiger partial charge < -0.3 is 9.73 Å². The monoisotopic (exact) mass is 165 g/mol. The number of carbonyl (C=O) groups is 1. The number of fused-ring (bicyclic) bond motifs is 1. The summed E-state index contributed by atoms with van der Waals surface area (Å²) >= 11 is 0. The summed E-state index contributed by atoms with van der Waals surface area (Å²) in [4.78, 5) is 11.3. The van der Waals surface area contributed by atoms with Crippen LogP contribution in [0, 0.1) is 0 Å². The van der Waals surface area contributed by atoms with Gasteiger partial charge in [-0.3, -0.25) is 4.79 Å². The molecular formula is C9H11NO2. The van der Waals surface area contributed by atoms with Crippen LogP contribution in [0.2, 0.25) is 0 Å². The predicted octanol–water partition coefficient (Wildman–Crippen LogP) is 1.06. The van der Waals surface area contributed by atoms with Crippen LogP contribution in [0.25, 0.3) is 0 Å². The smallest absolute Gasteiger partial charge is 0.230 e. The molecule has 0 bridgehead atoms. The fourth-order valence-corrected chi connectivity index (χ4v) is 1.53. The van der Waals surface area contributed by atoms with E-state index in [1.165, 1.54) is 0 Å². The maximum Gasteiger partial charge on any atom is 0.230 e. The molecule has 1 aliphatic rings. The Morgan fingerprint density at radius 3 is 3.33 bits per heavy atom. The summed E-state index contributed by atoms with van der Waals surface area (Å²) < 4.78 is 5.26. The highest BCUT2D eigenvalue weighted by atomic mass is 16.3. The molecule has 1 atom stereocenters. The molecule has 0 aliphatic carbocycles. The largest absolute Gasteiger partial charge is 0.468 e. The minimum atomic E-state index is -0.141. The molecular weight excluding hydrogens is 154 g/mol. The molecule has 3 heteroatoms. The number of carbonyl (C=O) groups excluding carboxylic acids is 1. The van der Waals surface area contributed by atoms with E-state index in [-0.39, 0.29) is 11.8 Å². The minimum absolute atomic E-state index is 0.0590. The summed E-state index contributed by atoms with van der Waals surface area (Å²) in [5, 5.41) is 2.83. The van der Waals surface area contributed by atoms with E-state index >= 15 is 0 Å². The fraction of sp³-hybridized carbons (Fsp3) is 0.444. The molecule has 12 heavy (non-hydrogen) atoms. The van der Waals surface area contributed by atoms with E-state index in [1.807, 2.05) is 13.0 Å². The maximum absolute atomic E-state index is 11.3. The van der Waals surface area contributed by atoms with E-state index in [0.29, 0.717) is 0 Å². The first-order chi connectivity index (χ1) is 5.79. The van der Waals surface area contributed by atoms with Gasteiger partial charge >= 0.3 is 0 Å². The molecule has 0 fully saturated rings. The van der Waals surface area contributed by atoms with Crippen molar-refractivity contribution in [2.24, 2.45) is 0 Å². The number of nitrogens with one attached hydrogen (secondary N) is 1. The van der Waals surface area contributed by atoms with E-state index in [0.717, 1.165) is 24.3 Å². The van der Waals surface area contributed by atoms with Crippen LogP contribution in [0.15, 0.2) is 16.7 Å².